The van der Waals surface area contributed by atoms with Crippen LogP contribution in [-0.2, 0) is 19.1 Å². The van der Waals surface area contributed by atoms with Crippen LogP contribution in [0, 0.1) is 0 Å². The minimum absolute atomic E-state index is 0.100. The maximum Gasteiger partial charge on any atom is 0.330 e. The van der Waals surface area contributed by atoms with Crippen molar-refractivity contribution in [1.82, 2.24) is 0 Å². The molecule has 3 rings (SSSR count). The van der Waals surface area contributed by atoms with Gasteiger partial charge in [-0.05, 0) is 41.5 Å². The van der Waals surface area contributed by atoms with Crippen LogP contribution in [-0.4, -0.2) is 41.5 Å². The van der Waals surface area contributed by atoms with Crippen LogP contribution in [0.2, 0.25) is 0 Å². The first-order chi connectivity index (χ1) is 13.3. The van der Waals surface area contributed by atoms with Gasteiger partial charge in [-0.15, -0.1) is 0 Å². The van der Waals surface area contributed by atoms with Crippen molar-refractivity contribution in [3.63, 3.8) is 0 Å². The van der Waals surface area contributed by atoms with Crippen molar-refractivity contribution in [3.05, 3.63) is 53.1 Å². The topological polar surface area (TPSA) is 123 Å². The maximum atomic E-state index is 12.5. The van der Waals surface area contributed by atoms with Crippen LogP contribution in [0.5, 0.6) is 23.0 Å². The third kappa shape index (κ3) is 3.44. The number of carbonyl (C=O) groups is 2. The van der Waals surface area contributed by atoms with Crippen LogP contribution in [0.25, 0.3) is 6.08 Å². The second-order valence-electron chi connectivity index (χ2n) is 6.10. The molecule has 0 spiro atoms. The lowest BCUT2D eigenvalue weighted by molar-refractivity contribution is -0.144. The highest BCUT2D eigenvalue weighted by atomic mass is 16.5. The average molecular weight is 386 g/mol. The first kappa shape index (κ1) is 19.1. The van der Waals surface area contributed by atoms with Gasteiger partial charge in [0, 0.05) is 11.6 Å². The van der Waals surface area contributed by atoms with Gasteiger partial charge in [0.05, 0.1) is 14.2 Å². The van der Waals surface area contributed by atoms with Gasteiger partial charge in [0.1, 0.15) is 12.0 Å². The molecule has 28 heavy (non-hydrogen) atoms. The summed E-state index contributed by atoms with van der Waals surface area (Å²) in [6.07, 6.45) is 1.72. The van der Waals surface area contributed by atoms with E-state index in [-0.39, 0.29) is 23.0 Å². The minimum Gasteiger partial charge on any atom is -0.504 e. The predicted octanol–water partition coefficient (Wildman–Crippen LogP) is 2.38. The molecule has 0 bridgehead atoms. The maximum absolute atomic E-state index is 12.5. The van der Waals surface area contributed by atoms with E-state index >= 15 is 0 Å². The molecule has 0 saturated carbocycles. The minimum atomic E-state index is -0.929. The van der Waals surface area contributed by atoms with Gasteiger partial charge in [-0.3, -0.25) is 4.79 Å². The number of phenolic OH excluding ortho intramolecular Hbond substituents is 3. The van der Waals surface area contributed by atoms with Crippen molar-refractivity contribution in [2.24, 2.45) is 0 Å². The Labute approximate surface area is 160 Å². The molecule has 0 unspecified atom stereocenters. The highest BCUT2D eigenvalue weighted by Gasteiger charge is 2.43. The predicted molar refractivity (Wildman–Crippen MR) is 97.1 cm³/mol. The summed E-state index contributed by atoms with van der Waals surface area (Å²) < 4.78 is 15.2. The Morgan fingerprint density at radius 1 is 1.00 bits per heavy atom. The van der Waals surface area contributed by atoms with Crippen molar-refractivity contribution in [1.29, 1.82) is 0 Å². The molecule has 3 N–H and O–H groups in total. The van der Waals surface area contributed by atoms with E-state index < -0.39 is 24.0 Å². The number of hydrogen-bond donors (Lipinski definition) is 3. The standard InChI is InChI=1S/C20H18O8/c1-26-16(24)6-3-10-7-12-17(20(25)27-2)18(28-19(12)15(23)8-10)11-4-5-13(21)14(22)9-11/h3-9,17-18,21-23H,1-2H3/b6-3+/t17-,18-/m1/s1. The van der Waals surface area contributed by atoms with Gasteiger partial charge in [-0.1, -0.05) is 6.07 Å². The molecule has 146 valence electrons. The summed E-state index contributed by atoms with van der Waals surface area (Å²) in [4.78, 5) is 23.8. The smallest absolute Gasteiger partial charge is 0.330 e. The zero-order chi connectivity index (χ0) is 20.4. The molecule has 0 aliphatic carbocycles. The second kappa shape index (κ2) is 7.51. The molecule has 0 amide bonds. The third-order valence-electron chi connectivity index (χ3n) is 4.40. The van der Waals surface area contributed by atoms with Crippen LogP contribution in [0.4, 0.5) is 0 Å². The fourth-order valence-corrected chi connectivity index (χ4v) is 3.06. The Morgan fingerprint density at radius 2 is 1.75 bits per heavy atom. The average Bonchev–Trinajstić information content (AvgIpc) is 3.07. The number of phenols is 3. The van der Waals surface area contributed by atoms with E-state index in [2.05, 4.69) is 4.74 Å². The molecule has 0 saturated heterocycles. The molecule has 1 heterocycles. The first-order valence-corrected chi connectivity index (χ1v) is 8.25. The highest BCUT2D eigenvalue weighted by Crippen LogP contribution is 2.51. The monoisotopic (exact) mass is 386 g/mol. The summed E-state index contributed by atoms with van der Waals surface area (Å²) in [5, 5.41) is 29.7. The Bertz CT molecular complexity index is 963. The molecule has 2 aromatic rings. The van der Waals surface area contributed by atoms with E-state index in [9.17, 15) is 24.9 Å². The molecule has 8 nitrogen and oxygen atoms in total. The molecule has 0 fully saturated rings. The molecule has 0 radical (unpaired) electrons. The lowest BCUT2D eigenvalue weighted by Crippen LogP contribution is -2.20. The Balaban J connectivity index is 2.07. The molecule has 2 aromatic carbocycles. The molecule has 0 aromatic heterocycles. The molecule has 1 aliphatic rings. The van der Waals surface area contributed by atoms with Crippen LogP contribution < -0.4 is 4.74 Å². The number of ether oxygens (including phenoxy) is 3. The number of fused-ring (bicyclic) bond motifs is 1. The summed E-state index contributed by atoms with van der Waals surface area (Å²) in [5.41, 5.74) is 1.23. The van der Waals surface area contributed by atoms with Crippen molar-refractivity contribution in [2.45, 2.75) is 12.0 Å². The van der Waals surface area contributed by atoms with Crippen molar-refractivity contribution >= 4 is 18.0 Å². The molecular formula is C20H18O8. The van der Waals surface area contributed by atoms with Gasteiger partial charge < -0.3 is 29.5 Å². The largest absolute Gasteiger partial charge is 0.504 e. The Hall–Kier alpha value is -3.68. The van der Waals surface area contributed by atoms with Gasteiger partial charge in [0.15, 0.2) is 23.0 Å². The van der Waals surface area contributed by atoms with Crippen LogP contribution >= 0.6 is 0 Å². The number of carbonyl (C=O) groups excluding carboxylic acids is 2. The number of rotatable bonds is 4. The normalized spacial score (nSPS) is 17.8. The van der Waals surface area contributed by atoms with Crippen molar-refractivity contribution in [2.75, 3.05) is 14.2 Å². The van der Waals surface area contributed by atoms with Crippen molar-refractivity contribution < 1.29 is 39.1 Å². The highest BCUT2D eigenvalue weighted by molar-refractivity contribution is 5.88. The van der Waals surface area contributed by atoms with Crippen molar-refractivity contribution in [3.8, 4) is 23.0 Å². The van der Waals surface area contributed by atoms with Gasteiger partial charge in [-0.2, -0.15) is 0 Å². The second-order valence-corrected chi connectivity index (χ2v) is 6.10. The van der Waals surface area contributed by atoms with Crippen LogP contribution in [0.1, 0.15) is 28.7 Å². The van der Waals surface area contributed by atoms with Crippen LogP contribution in [0.3, 0.4) is 0 Å². The molecular weight excluding hydrogens is 368 g/mol. The van der Waals surface area contributed by atoms with E-state index in [1.807, 2.05) is 0 Å². The number of methoxy groups -OCH3 is 2. The van der Waals surface area contributed by atoms with E-state index in [1.165, 1.54) is 50.6 Å². The fourth-order valence-electron chi connectivity index (χ4n) is 3.06. The Kier molecular flexibility index (Phi) is 5.12. The molecule has 2 atom stereocenters. The number of benzene rings is 2. The summed E-state index contributed by atoms with van der Waals surface area (Å²) in [6, 6.07) is 7.02. The Morgan fingerprint density at radius 3 is 2.39 bits per heavy atom. The van der Waals surface area contributed by atoms with E-state index in [4.69, 9.17) is 9.47 Å². The van der Waals surface area contributed by atoms with E-state index in [0.717, 1.165) is 0 Å². The number of esters is 2. The van der Waals surface area contributed by atoms with Gasteiger partial charge in [0.25, 0.3) is 0 Å². The third-order valence-corrected chi connectivity index (χ3v) is 4.40. The quantitative estimate of drug-likeness (QED) is 0.416. The number of hydrogen-bond acceptors (Lipinski definition) is 8. The summed E-state index contributed by atoms with van der Waals surface area (Å²) in [7, 11) is 2.47. The molecule has 8 heteroatoms. The first-order valence-electron chi connectivity index (χ1n) is 8.25. The van der Waals surface area contributed by atoms with Gasteiger partial charge in [0.2, 0.25) is 0 Å². The van der Waals surface area contributed by atoms with Crippen LogP contribution in [0.15, 0.2) is 36.4 Å². The van der Waals surface area contributed by atoms with E-state index in [1.54, 1.807) is 6.07 Å². The van der Waals surface area contributed by atoms with Gasteiger partial charge >= 0.3 is 11.9 Å². The lowest BCUT2D eigenvalue weighted by Gasteiger charge is -2.18. The van der Waals surface area contributed by atoms with E-state index in [0.29, 0.717) is 16.7 Å². The lowest BCUT2D eigenvalue weighted by atomic mass is 9.90. The SMILES string of the molecule is COC(=O)/C=C/c1cc(O)c2c(c1)[C@@H](C(=O)OC)[C@@H](c1ccc(O)c(O)c1)O2. The summed E-state index contributed by atoms with van der Waals surface area (Å²) >= 11 is 0. The summed E-state index contributed by atoms with van der Waals surface area (Å²) in [6.45, 7) is 0. The van der Waals surface area contributed by atoms with Gasteiger partial charge in [-0.25, -0.2) is 4.79 Å². The zero-order valence-corrected chi connectivity index (χ0v) is 15.1. The molecule has 1 aliphatic heterocycles. The fraction of sp³-hybridized carbons (Fsp3) is 0.200. The number of aromatic hydroxyl groups is 3. The summed E-state index contributed by atoms with van der Waals surface area (Å²) in [5.74, 6) is -2.91. The zero-order valence-electron chi connectivity index (χ0n) is 15.1.